The van der Waals surface area contributed by atoms with E-state index in [9.17, 15) is 19.7 Å². The molecule has 0 atom stereocenters. The zero-order chi connectivity index (χ0) is 23.1. The van der Waals surface area contributed by atoms with E-state index < -0.39 is 10.8 Å². The molecule has 2 aromatic carbocycles. The van der Waals surface area contributed by atoms with E-state index in [2.05, 4.69) is 20.8 Å². The fraction of sp³-hybridized carbons (Fsp3) is 0.158. The summed E-state index contributed by atoms with van der Waals surface area (Å²) in [5.41, 5.74) is 0.327. The zero-order valence-corrected chi connectivity index (χ0v) is 18.9. The molecule has 166 valence electrons. The van der Waals surface area contributed by atoms with Crippen LogP contribution < -0.4 is 15.4 Å². The molecular weight excluding hydrogens is 478 g/mol. The van der Waals surface area contributed by atoms with Crippen LogP contribution in [0, 0.1) is 10.1 Å². The Balaban J connectivity index is 1.52. The molecule has 3 aromatic rings. The number of nitrogens with zero attached hydrogens (tertiary/aromatic N) is 3. The molecule has 32 heavy (non-hydrogen) atoms. The first-order chi connectivity index (χ1) is 15.4. The number of carbonyl (C=O) groups excluding carboxylic acids is 2. The summed E-state index contributed by atoms with van der Waals surface area (Å²) in [6.45, 7) is 2.45. The Hall–Kier alpha value is -3.22. The van der Waals surface area contributed by atoms with Gasteiger partial charge in [0.2, 0.25) is 11.0 Å². The predicted molar refractivity (Wildman–Crippen MR) is 123 cm³/mol. The van der Waals surface area contributed by atoms with Crippen molar-refractivity contribution in [2.24, 2.45) is 0 Å². The Kier molecular flexibility index (Phi) is 7.98. The van der Waals surface area contributed by atoms with Crippen LogP contribution in [0.1, 0.15) is 17.3 Å². The van der Waals surface area contributed by atoms with Crippen LogP contribution in [-0.2, 0) is 4.79 Å². The minimum Gasteiger partial charge on any atom is -0.494 e. The zero-order valence-electron chi connectivity index (χ0n) is 16.5. The van der Waals surface area contributed by atoms with Gasteiger partial charge in [-0.05, 0) is 43.3 Å². The van der Waals surface area contributed by atoms with Crippen LogP contribution >= 0.6 is 34.7 Å². The third kappa shape index (κ3) is 6.39. The molecule has 0 radical (unpaired) electrons. The third-order valence-electron chi connectivity index (χ3n) is 3.81. The van der Waals surface area contributed by atoms with Gasteiger partial charge >= 0.3 is 0 Å². The van der Waals surface area contributed by atoms with Crippen LogP contribution in [0.2, 0.25) is 5.02 Å². The minimum absolute atomic E-state index is 0.0558. The average molecular weight is 494 g/mol. The second-order valence-electron chi connectivity index (χ2n) is 6.04. The summed E-state index contributed by atoms with van der Waals surface area (Å²) in [6, 6.07) is 10.7. The van der Waals surface area contributed by atoms with Crippen molar-refractivity contribution in [3.63, 3.8) is 0 Å². The van der Waals surface area contributed by atoms with Gasteiger partial charge in [-0.15, -0.1) is 10.2 Å². The summed E-state index contributed by atoms with van der Waals surface area (Å²) in [6.07, 6.45) is 0. The molecule has 1 aromatic heterocycles. The van der Waals surface area contributed by atoms with Crippen molar-refractivity contribution in [1.82, 2.24) is 10.2 Å². The largest absolute Gasteiger partial charge is 0.494 e. The number of aromatic nitrogens is 2. The Morgan fingerprint density at radius 3 is 2.62 bits per heavy atom. The van der Waals surface area contributed by atoms with Crippen molar-refractivity contribution < 1.29 is 19.2 Å². The molecule has 0 aliphatic heterocycles. The second-order valence-corrected chi connectivity index (χ2v) is 8.65. The number of amides is 2. The number of halogens is 1. The highest BCUT2D eigenvalue weighted by molar-refractivity contribution is 8.01. The summed E-state index contributed by atoms with van der Waals surface area (Å²) < 4.78 is 5.83. The number of anilines is 2. The SMILES string of the molecule is CCOc1ccc(NC(=O)CSc2nnc(NC(=O)c3ccc(Cl)c([N+](=O)[O-])c3)s2)cc1. The number of carbonyl (C=O) groups is 2. The summed E-state index contributed by atoms with van der Waals surface area (Å²) in [5, 5.41) is 24.2. The number of thioether (sulfide) groups is 1. The molecule has 10 nitrogen and oxygen atoms in total. The van der Waals surface area contributed by atoms with Crippen LogP contribution in [0.15, 0.2) is 46.8 Å². The van der Waals surface area contributed by atoms with Crippen LogP contribution in [-0.4, -0.2) is 39.3 Å². The van der Waals surface area contributed by atoms with Crippen LogP contribution in [0.4, 0.5) is 16.5 Å². The Morgan fingerprint density at radius 2 is 1.94 bits per heavy atom. The molecule has 0 aliphatic carbocycles. The lowest BCUT2D eigenvalue weighted by atomic mass is 10.2. The van der Waals surface area contributed by atoms with Crippen molar-refractivity contribution in [3.05, 3.63) is 63.2 Å². The molecule has 0 saturated heterocycles. The van der Waals surface area contributed by atoms with Crippen molar-refractivity contribution >= 4 is 63.0 Å². The van der Waals surface area contributed by atoms with Crippen LogP contribution in [0.5, 0.6) is 5.75 Å². The summed E-state index contributed by atoms with van der Waals surface area (Å²) >= 11 is 7.99. The molecule has 0 aliphatic rings. The van der Waals surface area contributed by atoms with E-state index in [1.807, 2.05) is 6.92 Å². The Bertz CT molecular complexity index is 1140. The number of ether oxygens (including phenoxy) is 1. The van der Waals surface area contributed by atoms with Crippen molar-refractivity contribution in [2.75, 3.05) is 23.0 Å². The molecule has 0 saturated carbocycles. The van der Waals surface area contributed by atoms with E-state index in [0.29, 0.717) is 16.6 Å². The number of rotatable bonds is 9. The topological polar surface area (TPSA) is 136 Å². The number of hydrogen-bond acceptors (Lipinski definition) is 9. The van der Waals surface area contributed by atoms with Gasteiger partial charge in [0.1, 0.15) is 10.8 Å². The Labute approximate surface area is 195 Å². The minimum atomic E-state index is -0.669. The molecule has 0 unspecified atom stereocenters. The molecule has 0 spiro atoms. The average Bonchev–Trinajstić information content (AvgIpc) is 3.21. The van der Waals surface area contributed by atoms with Gasteiger partial charge in [-0.2, -0.15) is 0 Å². The lowest BCUT2D eigenvalue weighted by molar-refractivity contribution is -0.384. The lowest BCUT2D eigenvalue weighted by Gasteiger charge is -2.06. The number of nitrogens with one attached hydrogen (secondary N) is 2. The molecule has 1 heterocycles. The fourth-order valence-electron chi connectivity index (χ4n) is 2.41. The van der Waals surface area contributed by atoms with Gasteiger partial charge in [0.25, 0.3) is 11.6 Å². The molecule has 3 rings (SSSR count). The van der Waals surface area contributed by atoms with Gasteiger partial charge in [-0.3, -0.25) is 25.0 Å². The maximum absolute atomic E-state index is 12.3. The first-order valence-corrected chi connectivity index (χ1v) is 11.3. The normalized spacial score (nSPS) is 10.4. The highest BCUT2D eigenvalue weighted by atomic mass is 35.5. The number of nitro benzene ring substituents is 1. The molecule has 0 fully saturated rings. The maximum atomic E-state index is 12.3. The first kappa shape index (κ1) is 23.4. The van der Waals surface area contributed by atoms with Gasteiger partial charge < -0.3 is 10.1 Å². The van der Waals surface area contributed by atoms with Gasteiger partial charge in [0, 0.05) is 17.3 Å². The summed E-state index contributed by atoms with van der Waals surface area (Å²) in [7, 11) is 0. The van der Waals surface area contributed by atoms with Crippen molar-refractivity contribution in [2.45, 2.75) is 11.3 Å². The molecule has 2 N–H and O–H groups in total. The van der Waals surface area contributed by atoms with Crippen LogP contribution in [0.3, 0.4) is 0 Å². The molecule has 2 amide bonds. The smallest absolute Gasteiger partial charge is 0.288 e. The van der Waals surface area contributed by atoms with Crippen molar-refractivity contribution in [3.8, 4) is 5.75 Å². The quantitative estimate of drug-likeness (QED) is 0.192. The number of benzene rings is 2. The second kappa shape index (κ2) is 10.9. The summed E-state index contributed by atoms with van der Waals surface area (Å²) in [5.74, 6) is -0.00486. The first-order valence-electron chi connectivity index (χ1n) is 9.10. The van der Waals surface area contributed by atoms with E-state index >= 15 is 0 Å². The predicted octanol–water partition coefficient (Wildman–Crippen LogP) is 4.48. The molecule has 13 heteroatoms. The van der Waals surface area contributed by atoms with Gasteiger partial charge in [-0.1, -0.05) is 34.7 Å². The van der Waals surface area contributed by atoms with E-state index in [1.165, 1.54) is 12.1 Å². The summed E-state index contributed by atoms with van der Waals surface area (Å²) in [4.78, 5) is 34.8. The third-order valence-corrected chi connectivity index (χ3v) is 6.10. The van der Waals surface area contributed by atoms with Gasteiger partial charge in [0.05, 0.1) is 17.3 Å². The van der Waals surface area contributed by atoms with Gasteiger partial charge in [-0.25, -0.2) is 0 Å². The van der Waals surface area contributed by atoms with E-state index in [1.54, 1.807) is 24.3 Å². The number of nitro groups is 1. The highest BCUT2D eigenvalue weighted by Crippen LogP contribution is 2.28. The number of hydrogen-bond donors (Lipinski definition) is 2. The Morgan fingerprint density at radius 1 is 1.19 bits per heavy atom. The molecule has 0 bridgehead atoms. The fourth-order valence-corrected chi connectivity index (χ4v) is 4.14. The lowest BCUT2D eigenvalue weighted by Crippen LogP contribution is -2.13. The van der Waals surface area contributed by atoms with E-state index in [-0.39, 0.29) is 33.1 Å². The molecular formula is C19H16ClN5O5S2. The highest BCUT2D eigenvalue weighted by Gasteiger charge is 2.18. The van der Waals surface area contributed by atoms with Gasteiger partial charge in [0.15, 0.2) is 4.34 Å². The maximum Gasteiger partial charge on any atom is 0.288 e. The van der Waals surface area contributed by atoms with E-state index in [0.717, 1.165) is 34.9 Å². The van der Waals surface area contributed by atoms with E-state index in [4.69, 9.17) is 16.3 Å². The van der Waals surface area contributed by atoms with Crippen molar-refractivity contribution in [1.29, 1.82) is 0 Å². The monoisotopic (exact) mass is 493 g/mol. The standard InChI is InChI=1S/C19H16ClN5O5S2/c1-2-30-13-6-4-12(5-7-13)21-16(26)10-31-19-24-23-18(32-19)22-17(27)11-3-8-14(20)15(9-11)25(28)29/h3-9H,2,10H2,1H3,(H,21,26)(H,22,23,27). The van der Waals surface area contributed by atoms with Crippen LogP contribution in [0.25, 0.3) is 0 Å².